The second-order valence-electron chi connectivity index (χ2n) is 5.09. The summed E-state index contributed by atoms with van der Waals surface area (Å²) in [5, 5.41) is 0. The Morgan fingerprint density at radius 3 is 2.70 bits per heavy atom. The van der Waals surface area contributed by atoms with E-state index in [0.717, 1.165) is 12.8 Å². The molecule has 1 aliphatic carbocycles. The Morgan fingerprint density at radius 1 is 1.20 bits per heavy atom. The van der Waals surface area contributed by atoms with Crippen molar-refractivity contribution >= 4 is 5.97 Å². The summed E-state index contributed by atoms with van der Waals surface area (Å²) in [4.78, 5) is 11.0. The largest absolute Gasteiger partial charge is 0.494 e. The summed E-state index contributed by atoms with van der Waals surface area (Å²) < 4.78 is 10.7. The molecule has 0 aliphatic heterocycles. The topological polar surface area (TPSA) is 35.5 Å². The molecule has 0 radical (unpaired) electrons. The van der Waals surface area contributed by atoms with Gasteiger partial charge in [-0.3, -0.25) is 4.79 Å². The number of hydrogen-bond donors (Lipinski definition) is 0. The Hall–Kier alpha value is -1.77. The Morgan fingerprint density at radius 2 is 1.95 bits per heavy atom. The number of carbonyl (C=O) groups is 1. The van der Waals surface area contributed by atoms with E-state index >= 15 is 0 Å². The maximum absolute atomic E-state index is 11.0. The van der Waals surface area contributed by atoms with Gasteiger partial charge in [0.05, 0.1) is 0 Å². The highest BCUT2D eigenvalue weighted by atomic mass is 16.5. The molecule has 1 aromatic rings. The fourth-order valence-corrected chi connectivity index (χ4v) is 2.66. The van der Waals surface area contributed by atoms with Crippen LogP contribution in [0.5, 0.6) is 0 Å². The molecule has 0 N–H and O–H groups in total. The molecule has 0 aromatic heterocycles. The molecule has 0 amide bonds. The van der Waals surface area contributed by atoms with E-state index in [4.69, 9.17) is 9.47 Å². The monoisotopic (exact) mass is 274 g/mol. The molecule has 0 saturated heterocycles. The lowest BCUT2D eigenvalue weighted by Gasteiger charge is -2.31. The maximum atomic E-state index is 11.0. The number of benzene rings is 1. The summed E-state index contributed by atoms with van der Waals surface area (Å²) in [5.41, 5.74) is 1.33. The average Bonchev–Trinajstić information content (AvgIpc) is 2.52. The zero-order valence-corrected chi connectivity index (χ0v) is 12.0. The molecular formula is C17H22O3. The van der Waals surface area contributed by atoms with Crippen LogP contribution in [0.3, 0.4) is 0 Å². The first-order chi connectivity index (χ1) is 9.81. The van der Waals surface area contributed by atoms with Crippen LogP contribution in [-0.2, 0) is 14.3 Å². The van der Waals surface area contributed by atoms with Crippen LogP contribution in [0.25, 0.3) is 0 Å². The number of carbonyl (C=O) groups excluding carboxylic acids is 1. The zero-order valence-electron chi connectivity index (χ0n) is 12.0. The van der Waals surface area contributed by atoms with Crippen LogP contribution < -0.4 is 0 Å². The van der Waals surface area contributed by atoms with E-state index in [-0.39, 0.29) is 12.1 Å². The van der Waals surface area contributed by atoms with E-state index in [2.05, 4.69) is 24.3 Å². The lowest BCUT2D eigenvalue weighted by molar-refractivity contribution is -0.137. The standard InChI is InChI=1S/C17H22O3/c1-2-17(18)20-13-12-19-16-11-7-6-10-15(16)14-8-4-3-5-9-14/h3-5,8-9,12-13,15-16H,2,6-7,10-11H2,1H3/b13-12-/t15-,16+/m1/s1. The molecule has 2 rings (SSSR count). The van der Waals surface area contributed by atoms with Crippen molar-refractivity contribution < 1.29 is 14.3 Å². The van der Waals surface area contributed by atoms with Crippen LogP contribution in [0.4, 0.5) is 0 Å². The molecule has 3 nitrogen and oxygen atoms in total. The lowest BCUT2D eigenvalue weighted by Crippen LogP contribution is -2.24. The first kappa shape index (κ1) is 14.6. The van der Waals surface area contributed by atoms with Crippen molar-refractivity contribution in [2.45, 2.75) is 51.0 Å². The molecule has 1 fully saturated rings. The first-order valence-electron chi connectivity index (χ1n) is 7.36. The molecule has 108 valence electrons. The van der Waals surface area contributed by atoms with Gasteiger partial charge in [-0.25, -0.2) is 0 Å². The van der Waals surface area contributed by atoms with Gasteiger partial charge < -0.3 is 9.47 Å². The Bertz CT molecular complexity index is 439. The van der Waals surface area contributed by atoms with Gasteiger partial charge in [0.1, 0.15) is 18.6 Å². The summed E-state index contributed by atoms with van der Waals surface area (Å²) >= 11 is 0. The van der Waals surface area contributed by atoms with Gasteiger partial charge in [0.15, 0.2) is 0 Å². The highest BCUT2D eigenvalue weighted by molar-refractivity contribution is 5.69. The van der Waals surface area contributed by atoms with Crippen LogP contribution >= 0.6 is 0 Å². The molecule has 0 bridgehead atoms. The highest BCUT2D eigenvalue weighted by Gasteiger charge is 2.27. The van der Waals surface area contributed by atoms with E-state index < -0.39 is 0 Å². The normalized spacial score (nSPS) is 22.6. The molecule has 1 aliphatic rings. The Balaban J connectivity index is 1.92. The minimum absolute atomic E-state index is 0.169. The summed E-state index contributed by atoms with van der Waals surface area (Å²) in [5.74, 6) is 0.185. The molecule has 0 unspecified atom stereocenters. The molecule has 2 atom stereocenters. The fraction of sp³-hybridized carbons (Fsp3) is 0.471. The van der Waals surface area contributed by atoms with E-state index in [9.17, 15) is 4.79 Å². The van der Waals surface area contributed by atoms with Crippen molar-refractivity contribution in [2.24, 2.45) is 0 Å². The van der Waals surface area contributed by atoms with Gasteiger partial charge in [0.2, 0.25) is 0 Å². The molecule has 0 spiro atoms. The van der Waals surface area contributed by atoms with E-state index in [1.807, 2.05) is 6.07 Å². The van der Waals surface area contributed by atoms with Gasteiger partial charge in [0, 0.05) is 12.3 Å². The van der Waals surface area contributed by atoms with Crippen LogP contribution in [0, 0.1) is 0 Å². The van der Waals surface area contributed by atoms with E-state index in [0.29, 0.717) is 12.3 Å². The number of rotatable bonds is 5. The van der Waals surface area contributed by atoms with Crippen molar-refractivity contribution in [1.29, 1.82) is 0 Å². The lowest BCUT2D eigenvalue weighted by atomic mass is 9.81. The van der Waals surface area contributed by atoms with Crippen LogP contribution in [0.2, 0.25) is 0 Å². The van der Waals surface area contributed by atoms with Gasteiger partial charge >= 0.3 is 5.97 Å². The van der Waals surface area contributed by atoms with Crippen molar-refractivity contribution in [1.82, 2.24) is 0 Å². The van der Waals surface area contributed by atoms with Gasteiger partial charge in [-0.2, -0.15) is 0 Å². The predicted molar refractivity (Wildman–Crippen MR) is 78.0 cm³/mol. The van der Waals surface area contributed by atoms with Crippen molar-refractivity contribution in [3.63, 3.8) is 0 Å². The van der Waals surface area contributed by atoms with Crippen molar-refractivity contribution in [3.8, 4) is 0 Å². The quantitative estimate of drug-likeness (QED) is 0.597. The molecule has 1 saturated carbocycles. The Labute approximate surface area is 120 Å². The van der Waals surface area contributed by atoms with Gasteiger partial charge in [-0.1, -0.05) is 43.7 Å². The SMILES string of the molecule is CCC(=O)O/C=C\O[C@H]1CCCC[C@@H]1c1ccccc1. The number of ether oxygens (including phenoxy) is 2. The number of esters is 1. The summed E-state index contributed by atoms with van der Waals surface area (Å²) in [7, 11) is 0. The number of hydrogen-bond acceptors (Lipinski definition) is 3. The van der Waals surface area contributed by atoms with Crippen LogP contribution in [-0.4, -0.2) is 12.1 Å². The van der Waals surface area contributed by atoms with Crippen molar-refractivity contribution in [2.75, 3.05) is 0 Å². The molecule has 1 aromatic carbocycles. The first-order valence-corrected chi connectivity index (χ1v) is 7.36. The van der Waals surface area contributed by atoms with Crippen LogP contribution in [0.15, 0.2) is 42.9 Å². The smallest absolute Gasteiger partial charge is 0.310 e. The third-order valence-corrected chi connectivity index (χ3v) is 3.73. The zero-order chi connectivity index (χ0) is 14.2. The second kappa shape index (κ2) is 7.73. The second-order valence-corrected chi connectivity index (χ2v) is 5.09. The Kier molecular flexibility index (Phi) is 5.66. The van der Waals surface area contributed by atoms with Gasteiger partial charge in [-0.15, -0.1) is 0 Å². The fourth-order valence-electron chi connectivity index (χ4n) is 2.66. The summed E-state index contributed by atoms with van der Waals surface area (Å²) in [6, 6.07) is 10.5. The van der Waals surface area contributed by atoms with E-state index in [1.54, 1.807) is 6.92 Å². The average molecular weight is 274 g/mol. The molecular weight excluding hydrogens is 252 g/mol. The summed E-state index contributed by atoms with van der Waals surface area (Å²) in [6.45, 7) is 1.77. The predicted octanol–water partition coefficient (Wildman–Crippen LogP) is 4.15. The van der Waals surface area contributed by atoms with Crippen LogP contribution in [0.1, 0.15) is 50.5 Å². The third kappa shape index (κ3) is 4.12. The van der Waals surface area contributed by atoms with Gasteiger partial charge in [-0.05, 0) is 24.8 Å². The highest BCUT2D eigenvalue weighted by Crippen LogP contribution is 2.34. The molecule has 20 heavy (non-hydrogen) atoms. The maximum Gasteiger partial charge on any atom is 0.310 e. The molecule has 3 heteroatoms. The van der Waals surface area contributed by atoms with Gasteiger partial charge in [0.25, 0.3) is 0 Å². The minimum atomic E-state index is -0.242. The molecule has 0 heterocycles. The third-order valence-electron chi connectivity index (χ3n) is 3.73. The van der Waals surface area contributed by atoms with Crippen molar-refractivity contribution in [3.05, 3.63) is 48.4 Å². The summed E-state index contributed by atoms with van der Waals surface area (Å²) in [6.07, 6.45) is 8.04. The minimum Gasteiger partial charge on any atom is -0.494 e. The van der Waals surface area contributed by atoms with E-state index in [1.165, 1.54) is 30.9 Å².